The van der Waals surface area contributed by atoms with E-state index in [4.69, 9.17) is 0 Å². The molecule has 1 aliphatic heterocycles. The van der Waals surface area contributed by atoms with Gasteiger partial charge in [-0.25, -0.2) is 0 Å². The largest absolute Gasteiger partial charge is 0.309 e. The maximum Gasteiger partial charge on any atom is 0.227 e. The van der Waals surface area contributed by atoms with Crippen LogP contribution >= 0.6 is 0 Å². The number of hydrogen-bond donors (Lipinski definition) is 0. The number of aromatic nitrogens is 1. The molecule has 4 heteroatoms. The van der Waals surface area contributed by atoms with E-state index in [9.17, 15) is 4.79 Å². The lowest BCUT2D eigenvalue weighted by atomic mass is 9.99. The van der Waals surface area contributed by atoms with Crippen LogP contribution in [-0.2, 0) is 11.3 Å². The summed E-state index contributed by atoms with van der Waals surface area (Å²) in [6.07, 6.45) is 4.46. The predicted octanol–water partition coefficient (Wildman–Crippen LogP) is 4.43. The number of pyridine rings is 1. The topological polar surface area (TPSA) is 36.4 Å². The maximum atomic E-state index is 13.0. The smallest absolute Gasteiger partial charge is 0.227 e. The molecule has 1 aromatic heterocycles. The highest BCUT2D eigenvalue weighted by atomic mass is 16.2. The van der Waals surface area contributed by atoms with Crippen LogP contribution in [0.15, 0.2) is 48.7 Å². The molecule has 4 nitrogen and oxygen atoms in total. The Morgan fingerprint density at radius 3 is 2.44 bits per heavy atom. The number of hydrogen-bond acceptors (Lipinski definition) is 3. The van der Waals surface area contributed by atoms with Crippen molar-refractivity contribution < 1.29 is 4.79 Å². The van der Waals surface area contributed by atoms with Crippen molar-refractivity contribution in [1.82, 2.24) is 9.88 Å². The van der Waals surface area contributed by atoms with Crippen LogP contribution in [0.3, 0.4) is 0 Å². The van der Waals surface area contributed by atoms with Crippen molar-refractivity contribution in [3.8, 4) is 0 Å². The highest BCUT2D eigenvalue weighted by Crippen LogP contribution is 2.26. The number of piperidine rings is 1. The van der Waals surface area contributed by atoms with Crippen LogP contribution in [0.4, 0.5) is 5.69 Å². The quantitative estimate of drug-likeness (QED) is 0.760. The number of amides is 1. The normalized spacial score (nSPS) is 15.9. The van der Waals surface area contributed by atoms with Crippen molar-refractivity contribution in [2.75, 3.05) is 18.0 Å². The van der Waals surface area contributed by atoms with Crippen LogP contribution in [0.25, 0.3) is 0 Å². The van der Waals surface area contributed by atoms with Gasteiger partial charge in [0.1, 0.15) is 0 Å². The molecule has 1 aromatic carbocycles. The lowest BCUT2D eigenvalue weighted by molar-refractivity contribution is -0.120. The van der Waals surface area contributed by atoms with E-state index < -0.39 is 0 Å². The van der Waals surface area contributed by atoms with Gasteiger partial charge in [-0.3, -0.25) is 14.7 Å². The van der Waals surface area contributed by atoms with Gasteiger partial charge in [0.2, 0.25) is 5.91 Å². The number of rotatable bonds is 6. The first kappa shape index (κ1) is 19.6. The predicted molar refractivity (Wildman–Crippen MR) is 111 cm³/mol. The summed E-state index contributed by atoms with van der Waals surface area (Å²) in [5, 5.41) is 0. The minimum atomic E-state index is 0.247. The first-order valence-corrected chi connectivity index (χ1v) is 10.0. The molecule has 0 saturated carbocycles. The number of carbonyl (C=O) groups excluding carboxylic acids is 1. The monoisotopic (exact) mass is 365 g/mol. The molecule has 0 spiro atoms. The standard InChI is InChI=1S/C23H31N3O/c1-18(2)16-23(27)26(21-9-7-19(3)8-10-21)22-11-14-25(15-12-22)17-20-6-4-5-13-24-20/h4-10,13,18,22H,11-12,14-17H2,1-3H3. The second-order valence-electron chi connectivity index (χ2n) is 8.03. The maximum absolute atomic E-state index is 13.0. The summed E-state index contributed by atoms with van der Waals surface area (Å²) in [6.45, 7) is 9.19. The van der Waals surface area contributed by atoms with Gasteiger partial charge in [0.05, 0.1) is 5.69 Å². The number of benzene rings is 1. The Labute approximate surface area is 163 Å². The molecule has 0 bridgehead atoms. The first-order valence-electron chi connectivity index (χ1n) is 10.0. The Bertz CT molecular complexity index is 719. The van der Waals surface area contributed by atoms with E-state index in [1.54, 1.807) is 0 Å². The highest BCUT2D eigenvalue weighted by Gasteiger charge is 2.29. The second kappa shape index (κ2) is 9.14. The van der Waals surface area contributed by atoms with Gasteiger partial charge in [-0.05, 0) is 49.9 Å². The minimum absolute atomic E-state index is 0.247. The molecule has 1 aliphatic rings. The lowest BCUT2D eigenvalue weighted by Gasteiger charge is -2.39. The average molecular weight is 366 g/mol. The SMILES string of the molecule is Cc1ccc(N(C(=O)CC(C)C)C2CCN(Cc3ccccn3)CC2)cc1. The van der Waals surface area contributed by atoms with Crippen LogP contribution < -0.4 is 4.90 Å². The fraction of sp³-hybridized carbons (Fsp3) is 0.478. The molecule has 0 unspecified atom stereocenters. The Morgan fingerprint density at radius 2 is 1.85 bits per heavy atom. The summed E-state index contributed by atoms with van der Waals surface area (Å²) in [4.78, 5) is 22.0. The fourth-order valence-electron chi connectivity index (χ4n) is 3.77. The van der Waals surface area contributed by atoms with Crippen LogP contribution in [0.2, 0.25) is 0 Å². The summed E-state index contributed by atoms with van der Waals surface area (Å²) >= 11 is 0. The number of nitrogens with zero attached hydrogens (tertiary/aromatic N) is 3. The van der Waals surface area contributed by atoms with E-state index in [0.29, 0.717) is 12.3 Å². The van der Waals surface area contributed by atoms with Crippen LogP contribution in [0.1, 0.15) is 44.4 Å². The van der Waals surface area contributed by atoms with E-state index in [0.717, 1.165) is 43.9 Å². The molecule has 1 fully saturated rings. The van der Waals surface area contributed by atoms with Crippen molar-refractivity contribution in [3.05, 3.63) is 59.9 Å². The average Bonchev–Trinajstić information content (AvgIpc) is 2.65. The molecule has 0 aliphatic carbocycles. The molecule has 3 rings (SSSR count). The Kier molecular flexibility index (Phi) is 6.62. The number of aryl methyl sites for hydroxylation is 1. The Balaban J connectivity index is 1.68. The van der Waals surface area contributed by atoms with Crippen molar-refractivity contribution in [3.63, 3.8) is 0 Å². The van der Waals surface area contributed by atoms with E-state index in [-0.39, 0.29) is 11.9 Å². The van der Waals surface area contributed by atoms with Gasteiger partial charge >= 0.3 is 0 Å². The van der Waals surface area contributed by atoms with E-state index in [1.165, 1.54) is 5.56 Å². The molecule has 2 heterocycles. The number of carbonyl (C=O) groups is 1. The van der Waals surface area contributed by atoms with Gasteiger partial charge in [0.15, 0.2) is 0 Å². The van der Waals surface area contributed by atoms with E-state index in [1.807, 2.05) is 18.3 Å². The highest BCUT2D eigenvalue weighted by molar-refractivity contribution is 5.94. The van der Waals surface area contributed by atoms with Crippen molar-refractivity contribution in [1.29, 1.82) is 0 Å². The molecule has 144 valence electrons. The molecule has 0 atom stereocenters. The van der Waals surface area contributed by atoms with Gasteiger partial charge in [-0.15, -0.1) is 0 Å². The van der Waals surface area contributed by atoms with Gasteiger partial charge in [0.25, 0.3) is 0 Å². The molecular formula is C23H31N3O. The summed E-state index contributed by atoms with van der Waals surface area (Å²) < 4.78 is 0. The molecule has 0 N–H and O–H groups in total. The van der Waals surface area contributed by atoms with Gasteiger partial charge in [-0.1, -0.05) is 37.6 Å². The van der Waals surface area contributed by atoms with Crippen molar-refractivity contribution in [2.24, 2.45) is 5.92 Å². The summed E-state index contributed by atoms with van der Waals surface area (Å²) in [6, 6.07) is 14.7. The number of likely N-dealkylation sites (tertiary alicyclic amines) is 1. The molecule has 0 radical (unpaired) electrons. The Morgan fingerprint density at radius 1 is 1.15 bits per heavy atom. The summed E-state index contributed by atoms with van der Waals surface area (Å²) in [5.41, 5.74) is 3.37. The molecule has 1 amide bonds. The zero-order chi connectivity index (χ0) is 19.2. The third-order valence-corrected chi connectivity index (χ3v) is 5.20. The third-order valence-electron chi connectivity index (χ3n) is 5.20. The third kappa shape index (κ3) is 5.39. The second-order valence-corrected chi connectivity index (χ2v) is 8.03. The molecule has 2 aromatic rings. The van der Waals surface area contributed by atoms with Crippen LogP contribution in [0, 0.1) is 12.8 Å². The van der Waals surface area contributed by atoms with Gasteiger partial charge in [-0.2, -0.15) is 0 Å². The molecule has 27 heavy (non-hydrogen) atoms. The number of anilines is 1. The molecule has 1 saturated heterocycles. The van der Waals surface area contributed by atoms with E-state index >= 15 is 0 Å². The Hall–Kier alpha value is -2.20. The van der Waals surface area contributed by atoms with Crippen LogP contribution in [0.5, 0.6) is 0 Å². The minimum Gasteiger partial charge on any atom is -0.309 e. The van der Waals surface area contributed by atoms with Crippen molar-refractivity contribution in [2.45, 2.75) is 52.6 Å². The lowest BCUT2D eigenvalue weighted by Crippen LogP contribution is -2.47. The zero-order valence-corrected chi connectivity index (χ0v) is 16.8. The van der Waals surface area contributed by atoms with Crippen molar-refractivity contribution >= 4 is 11.6 Å². The van der Waals surface area contributed by atoms with Gasteiger partial charge in [0, 0.05) is 44.0 Å². The molecular weight excluding hydrogens is 334 g/mol. The summed E-state index contributed by atoms with van der Waals surface area (Å²) in [7, 11) is 0. The first-order chi connectivity index (χ1) is 13.0. The summed E-state index contributed by atoms with van der Waals surface area (Å²) in [5.74, 6) is 0.617. The van der Waals surface area contributed by atoms with Crippen LogP contribution in [-0.4, -0.2) is 34.9 Å². The van der Waals surface area contributed by atoms with Gasteiger partial charge < -0.3 is 4.90 Å². The zero-order valence-electron chi connectivity index (χ0n) is 16.8. The van der Waals surface area contributed by atoms with E-state index in [2.05, 4.69) is 65.9 Å². The fourth-order valence-corrected chi connectivity index (χ4v) is 3.77.